The zero-order valence-corrected chi connectivity index (χ0v) is 21.8. The van der Waals surface area contributed by atoms with Crippen molar-refractivity contribution in [1.82, 2.24) is 13.9 Å². The summed E-state index contributed by atoms with van der Waals surface area (Å²) in [5.41, 5.74) is 1.11. The summed E-state index contributed by atoms with van der Waals surface area (Å²) in [6.07, 6.45) is 6.82. The van der Waals surface area contributed by atoms with Crippen molar-refractivity contribution in [3.05, 3.63) is 58.4 Å². The molecule has 0 aromatic carbocycles. The molecule has 0 radical (unpaired) electrons. The summed E-state index contributed by atoms with van der Waals surface area (Å²) in [6.45, 7) is 7.82. The zero-order chi connectivity index (χ0) is 24.9. The minimum atomic E-state index is -3.99. The average Bonchev–Trinajstić information content (AvgIpc) is 3.16. The standard InChI is InChI=1S/C24H27Cl2N3O4S/c1-23(2,3)33-22(30)28-12-8-16(9-13-28)20-14-17-6-5-11-27-21(17)29(20)34(31,32)24(4)10-7-18(25)19(26)15-24/h5-8,11,14-15H,9-10,12-13H2,1-4H3. The Labute approximate surface area is 209 Å². The maximum Gasteiger partial charge on any atom is 0.410 e. The number of amides is 1. The smallest absolute Gasteiger partial charge is 0.410 e. The van der Waals surface area contributed by atoms with E-state index in [2.05, 4.69) is 4.98 Å². The number of ether oxygens (including phenoxy) is 1. The largest absolute Gasteiger partial charge is 0.444 e. The van der Waals surface area contributed by atoms with Crippen LogP contribution in [0.15, 0.2) is 52.7 Å². The number of hydrogen-bond donors (Lipinski definition) is 0. The van der Waals surface area contributed by atoms with E-state index in [-0.39, 0.29) is 11.5 Å². The number of aromatic nitrogens is 2. The van der Waals surface area contributed by atoms with Crippen molar-refractivity contribution in [3.8, 4) is 0 Å². The minimum absolute atomic E-state index is 0.182. The number of nitrogens with zero attached hydrogens (tertiary/aromatic N) is 3. The van der Waals surface area contributed by atoms with Gasteiger partial charge >= 0.3 is 6.09 Å². The molecular weight excluding hydrogens is 497 g/mol. The van der Waals surface area contributed by atoms with Gasteiger partial charge in [-0.05, 0) is 70.4 Å². The molecule has 7 nitrogen and oxygen atoms in total. The van der Waals surface area contributed by atoms with E-state index in [0.29, 0.717) is 41.3 Å². The van der Waals surface area contributed by atoms with Crippen molar-refractivity contribution < 1.29 is 17.9 Å². The Morgan fingerprint density at radius 3 is 2.56 bits per heavy atom. The number of fused-ring (bicyclic) bond motifs is 1. The van der Waals surface area contributed by atoms with Gasteiger partial charge in [0.05, 0.1) is 15.8 Å². The van der Waals surface area contributed by atoms with Gasteiger partial charge in [-0.15, -0.1) is 0 Å². The van der Waals surface area contributed by atoms with Crippen LogP contribution in [0.25, 0.3) is 16.6 Å². The van der Waals surface area contributed by atoms with Gasteiger partial charge in [0.15, 0.2) is 5.65 Å². The Kier molecular flexibility index (Phi) is 6.38. The van der Waals surface area contributed by atoms with Crippen molar-refractivity contribution in [3.63, 3.8) is 0 Å². The highest BCUT2D eigenvalue weighted by Crippen LogP contribution is 2.39. The molecule has 1 unspecified atom stereocenters. The summed E-state index contributed by atoms with van der Waals surface area (Å²) in [4.78, 5) is 18.4. The number of carbonyl (C=O) groups is 1. The van der Waals surface area contributed by atoms with Crippen LogP contribution in [0.1, 0.15) is 46.2 Å². The number of allylic oxidation sites excluding steroid dienone is 3. The summed E-state index contributed by atoms with van der Waals surface area (Å²) < 4.78 is 33.6. The third kappa shape index (κ3) is 4.51. The first-order valence-corrected chi connectivity index (χ1v) is 13.2. The first-order chi connectivity index (χ1) is 15.8. The van der Waals surface area contributed by atoms with Crippen LogP contribution >= 0.6 is 23.2 Å². The molecule has 0 saturated carbocycles. The molecular formula is C24H27Cl2N3O4S. The molecule has 182 valence electrons. The van der Waals surface area contributed by atoms with Gasteiger partial charge in [-0.1, -0.05) is 35.4 Å². The molecule has 0 fully saturated rings. The van der Waals surface area contributed by atoms with Crippen LogP contribution in [0.4, 0.5) is 4.79 Å². The Morgan fingerprint density at radius 1 is 1.21 bits per heavy atom. The van der Waals surface area contributed by atoms with Gasteiger partial charge < -0.3 is 9.64 Å². The van der Waals surface area contributed by atoms with Crippen molar-refractivity contribution in [2.45, 2.75) is 50.9 Å². The van der Waals surface area contributed by atoms with Gasteiger partial charge in [-0.3, -0.25) is 0 Å². The quantitative estimate of drug-likeness (QED) is 0.519. The van der Waals surface area contributed by atoms with Crippen LogP contribution < -0.4 is 0 Å². The third-order valence-corrected chi connectivity index (χ3v) is 8.97. The Balaban J connectivity index is 1.76. The van der Waals surface area contributed by atoms with E-state index >= 15 is 0 Å². The van der Waals surface area contributed by atoms with Crippen molar-refractivity contribution >= 4 is 55.9 Å². The Hall–Kier alpha value is -2.29. The summed E-state index contributed by atoms with van der Waals surface area (Å²) in [5.74, 6) is 0. The van der Waals surface area contributed by atoms with Crippen LogP contribution in [-0.4, -0.2) is 51.8 Å². The highest BCUT2D eigenvalue weighted by atomic mass is 35.5. The molecule has 10 heteroatoms. The fraction of sp³-hybridized carbons (Fsp3) is 0.417. The molecule has 1 amide bonds. The molecule has 0 N–H and O–H groups in total. The topological polar surface area (TPSA) is 81.5 Å². The number of hydrogen-bond acceptors (Lipinski definition) is 5. The molecule has 1 aliphatic carbocycles. The molecule has 3 heterocycles. The van der Waals surface area contributed by atoms with E-state index in [1.165, 1.54) is 10.0 Å². The lowest BCUT2D eigenvalue weighted by Gasteiger charge is -2.31. The number of rotatable bonds is 3. The van der Waals surface area contributed by atoms with Crippen molar-refractivity contribution in [1.29, 1.82) is 0 Å². The molecule has 2 aliphatic rings. The van der Waals surface area contributed by atoms with E-state index in [9.17, 15) is 13.2 Å². The van der Waals surface area contributed by atoms with Gasteiger partial charge in [-0.2, -0.15) is 0 Å². The highest BCUT2D eigenvalue weighted by molar-refractivity contribution is 7.91. The molecule has 1 atom stereocenters. The lowest BCUT2D eigenvalue weighted by Crippen LogP contribution is -2.40. The second-order valence-corrected chi connectivity index (χ2v) is 12.7. The average molecular weight is 524 g/mol. The van der Waals surface area contributed by atoms with Gasteiger partial charge in [-0.25, -0.2) is 22.2 Å². The molecule has 0 spiro atoms. The lowest BCUT2D eigenvalue weighted by molar-refractivity contribution is 0.0270. The maximum absolute atomic E-state index is 14.1. The molecule has 4 rings (SSSR count). The monoisotopic (exact) mass is 523 g/mol. The number of halogens is 2. The van der Waals surface area contributed by atoms with Crippen LogP contribution in [0, 0.1) is 0 Å². The summed E-state index contributed by atoms with van der Waals surface area (Å²) in [5, 5.41) is 1.25. The van der Waals surface area contributed by atoms with Gasteiger partial charge in [0.1, 0.15) is 10.3 Å². The fourth-order valence-electron chi connectivity index (χ4n) is 4.05. The van der Waals surface area contributed by atoms with E-state index in [1.54, 1.807) is 30.2 Å². The van der Waals surface area contributed by atoms with Crippen molar-refractivity contribution in [2.75, 3.05) is 13.1 Å². The summed E-state index contributed by atoms with van der Waals surface area (Å²) >= 11 is 12.3. The van der Waals surface area contributed by atoms with Crippen LogP contribution in [0.5, 0.6) is 0 Å². The van der Waals surface area contributed by atoms with Gasteiger partial charge in [0.25, 0.3) is 0 Å². The van der Waals surface area contributed by atoms with Crippen LogP contribution in [-0.2, 0) is 14.8 Å². The van der Waals surface area contributed by atoms with Gasteiger partial charge in [0.2, 0.25) is 10.0 Å². The van der Waals surface area contributed by atoms with E-state index < -0.39 is 26.5 Å². The van der Waals surface area contributed by atoms with E-state index in [1.807, 2.05) is 39.0 Å². The first kappa shape index (κ1) is 24.8. The number of carbonyl (C=O) groups excluding carboxylic acids is 1. The van der Waals surface area contributed by atoms with E-state index in [0.717, 1.165) is 5.57 Å². The molecule has 2 aromatic rings. The highest BCUT2D eigenvalue weighted by Gasteiger charge is 2.42. The normalized spacial score (nSPS) is 21.7. The van der Waals surface area contributed by atoms with Crippen molar-refractivity contribution in [2.24, 2.45) is 0 Å². The van der Waals surface area contributed by atoms with Gasteiger partial charge in [0, 0.05) is 24.7 Å². The second kappa shape index (κ2) is 8.73. The SMILES string of the molecule is CC(C)(C)OC(=O)N1CC=C(c2cc3cccnc3n2S(=O)(=O)C2(C)C=C(Cl)C(Cl)=CC2)CC1. The first-order valence-electron chi connectivity index (χ1n) is 11.0. The van der Waals surface area contributed by atoms with Crippen LogP contribution in [0.3, 0.4) is 0 Å². The predicted molar refractivity (Wildman–Crippen MR) is 135 cm³/mol. The Bertz CT molecular complexity index is 1350. The molecule has 0 bridgehead atoms. The fourth-order valence-corrected chi connectivity index (χ4v) is 6.35. The molecule has 1 aliphatic heterocycles. The molecule has 0 saturated heterocycles. The molecule has 2 aromatic heterocycles. The third-order valence-electron chi connectivity index (χ3n) is 5.89. The number of pyridine rings is 1. The summed E-state index contributed by atoms with van der Waals surface area (Å²) in [7, 11) is -3.99. The second-order valence-electron chi connectivity index (χ2n) is 9.68. The summed E-state index contributed by atoms with van der Waals surface area (Å²) in [6, 6.07) is 5.43. The Morgan fingerprint density at radius 2 is 1.94 bits per heavy atom. The molecule has 34 heavy (non-hydrogen) atoms. The van der Waals surface area contributed by atoms with Crippen LogP contribution in [0.2, 0.25) is 0 Å². The predicted octanol–water partition coefficient (Wildman–Crippen LogP) is 5.65. The maximum atomic E-state index is 14.1. The zero-order valence-electron chi connectivity index (χ0n) is 19.5. The minimum Gasteiger partial charge on any atom is -0.444 e. The lowest BCUT2D eigenvalue weighted by atomic mass is 10.0. The van der Waals surface area contributed by atoms with E-state index in [4.69, 9.17) is 27.9 Å².